The Morgan fingerprint density at radius 3 is 1.67 bits per heavy atom. The Morgan fingerprint density at radius 1 is 0.711 bits per heavy atom. The molecule has 1 radical (unpaired) electrons. The van der Waals surface area contributed by atoms with E-state index in [9.17, 15) is 0 Å². The Bertz CT molecular complexity index is 1200. The van der Waals surface area contributed by atoms with Crippen LogP contribution in [-0.4, -0.2) is 17.9 Å². The van der Waals surface area contributed by atoms with Crippen molar-refractivity contribution in [2.45, 2.75) is 141 Å². The van der Waals surface area contributed by atoms with Crippen LogP contribution < -0.4 is 23.4 Å². The molecule has 0 atom stereocenters. The summed E-state index contributed by atoms with van der Waals surface area (Å²) in [5, 5.41) is 1.75. The number of benzene rings is 3. The number of nitrogens with two attached hydrogens (primary N) is 1. The maximum atomic E-state index is 5.34. The zero-order valence-electron chi connectivity index (χ0n) is 28.9. The molecule has 2 saturated carbocycles. The van der Waals surface area contributed by atoms with Gasteiger partial charge in [0.2, 0.25) is 0 Å². The van der Waals surface area contributed by atoms with Crippen LogP contribution in [0.15, 0.2) is 60.7 Å². The van der Waals surface area contributed by atoms with E-state index in [0.717, 1.165) is 17.7 Å². The number of hydrogen-bond acceptors (Lipinski definition) is 1. The van der Waals surface area contributed by atoms with E-state index in [0.29, 0.717) is 24.3 Å². The molecule has 2 aliphatic carbocycles. The number of hydrogen-bond donors (Lipinski definition) is 1. The van der Waals surface area contributed by atoms with Crippen LogP contribution in [0.4, 0.5) is 0 Å². The molecule has 3 aromatic carbocycles. The van der Waals surface area contributed by atoms with E-state index < -0.39 is 0 Å². The van der Waals surface area contributed by atoms with E-state index in [2.05, 4.69) is 84.0 Å². The maximum Gasteiger partial charge on any atom is 0 e. The molecule has 0 aliphatic heterocycles. The third-order valence-electron chi connectivity index (χ3n) is 9.71. The summed E-state index contributed by atoms with van der Waals surface area (Å²) < 4.78 is 0. The van der Waals surface area contributed by atoms with E-state index in [4.69, 9.17) is 5.73 Å². The van der Waals surface area contributed by atoms with Gasteiger partial charge in [0.05, 0.1) is 0 Å². The minimum absolute atomic E-state index is 0. The van der Waals surface area contributed by atoms with Crippen LogP contribution in [0.5, 0.6) is 0 Å². The first-order valence-electron chi connectivity index (χ1n) is 17.5. The summed E-state index contributed by atoms with van der Waals surface area (Å²) >= 11 is 0. The minimum atomic E-state index is -0.120. The summed E-state index contributed by atoms with van der Waals surface area (Å²) in [4.78, 5) is 0. The van der Waals surface area contributed by atoms with Gasteiger partial charge in [0.1, 0.15) is 0 Å². The van der Waals surface area contributed by atoms with Crippen molar-refractivity contribution in [1.29, 1.82) is 0 Å². The molecule has 0 saturated heterocycles. The van der Waals surface area contributed by atoms with E-state index in [-0.39, 0.29) is 40.8 Å². The van der Waals surface area contributed by atoms with E-state index in [1.807, 2.05) is 24.3 Å². The largest absolute Gasteiger partial charge is 1.00 e. The molecule has 0 bridgehead atoms. The Labute approximate surface area is 298 Å². The Hall–Kier alpha value is -0.998. The zero-order chi connectivity index (χ0) is 30.8. The van der Waals surface area contributed by atoms with Crippen LogP contribution in [0.25, 0.3) is 11.1 Å². The van der Waals surface area contributed by atoms with Crippen LogP contribution in [0, 0.1) is 6.07 Å². The molecule has 0 aromatic heterocycles. The van der Waals surface area contributed by atoms with Gasteiger partial charge in [0.15, 0.2) is 0 Å². The van der Waals surface area contributed by atoms with Crippen LogP contribution in [0.1, 0.15) is 146 Å². The van der Waals surface area contributed by atoms with Gasteiger partial charge in [-0.25, -0.2) is 0 Å². The fourth-order valence-corrected chi connectivity index (χ4v) is 11.3. The van der Waals surface area contributed by atoms with Gasteiger partial charge in [-0.15, -0.1) is 0 Å². The fraction of sp³-hybridized carbons (Fsp3) is 0.561. The topological polar surface area (TPSA) is 26.0 Å². The summed E-state index contributed by atoms with van der Waals surface area (Å²) in [6.45, 7) is 15.0. The minimum Gasteiger partial charge on any atom is -1.00 e. The van der Waals surface area contributed by atoms with E-state index in [1.165, 1.54) is 75.3 Å². The van der Waals surface area contributed by atoms with Gasteiger partial charge in [0, 0.05) is 20.4 Å². The maximum absolute atomic E-state index is 5.34. The van der Waals surface area contributed by atoms with Crippen molar-refractivity contribution >= 4 is 13.2 Å². The first-order valence-corrected chi connectivity index (χ1v) is 19.0. The average Bonchev–Trinajstić information content (AvgIpc) is 3.03. The fourth-order valence-electron chi connectivity index (χ4n) is 7.33. The summed E-state index contributed by atoms with van der Waals surface area (Å²) in [5.41, 5.74) is 16.2. The average molecular weight is 739 g/mol. The second-order valence-electron chi connectivity index (χ2n) is 14.0. The van der Waals surface area contributed by atoms with Crippen molar-refractivity contribution in [3.05, 3.63) is 89.0 Å². The van der Waals surface area contributed by atoms with Crippen molar-refractivity contribution in [1.82, 2.24) is 0 Å². The summed E-state index contributed by atoms with van der Waals surface area (Å²) in [5.74, 6) is 1.64. The van der Waals surface area contributed by atoms with E-state index in [1.54, 1.807) is 27.6 Å². The molecular weight excluding hydrogens is 679 g/mol. The molecular formula is C41H59ClNPPd-. The van der Waals surface area contributed by atoms with Crippen LogP contribution >= 0.6 is 7.92 Å². The SMILES string of the molecule is CC(C)c1cc(C(C)C)c(-c2ccccc2P(C2CCCCC2)C2CCCCC2)c(C(C)C)c1.NCCc1[c]cccc1.[Cl-].[Pd]. The van der Waals surface area contributed by atoms with Crippen molar-refractivity contribution in [2.75, 3.05) is 6.54 Å². The summed E-state index contributed by atoms with van der Waals surface area (Å²) in [7, 11) is -0.120. The van der Waals surface area contributed by atoms with E-state index >= 15 is 0 Å². The van der Waals surface area contributed by atoms with Gasteiger partial charge in [-0.3, -0.25) is 0 Å². The Morgan fingerprint density at radius 2 is 1.22 bits per heavy atom. The molecule has 0 amide bonds. The second kappa shape index (κ2) is 20.4. The third kappa shape index (κ3) is 11.0. The Balaban J connectivity index is 0.000000554. The normalized spacial score (nSPS) is 15.9. The molecule has 45 heavy (non-hydrogen) atoms. The predicted molar refractivity (Wildman–Crippen MR) is 192 cm³/mol. The van der Waals surface area contributed by atoms with Crippen molar-refractivity contribution in [2.24, 2.45) is 5.73 Å². The molecule has 1 nitrogen and oxygen atoms in total. The summed E-state index contributed by atoms with van der Waals surface area (Å²) in [6.07, 6.45) is 15.5. The molecule has 251 valence electrons. The zero-order valence-corrected chi connectivity index (χ0v) is 32.1. The van der Waals surface area contributed by atoms with Crippen LogP contribution in [0.2, 0.25) is 0 Å². The van der Waals surface area contributed by atoms with Gasteiger partial charge in [-0.05, 0) is 112 Å². The first kappa shape index (κ1) is 40.2. The molecule has 2 aliphatic rings. The van der Waals surface area contributed by atoms with Gasteiger partial charge in [-0.2, -0.15) is 0 Å². The van der Waals surface area contributed by atoms with Gasteiger partial charge in [0.25, 0.3) is 0 Å². The smallest absolute Gasteiger partial charge is 0 e. The van der Waals surface area contributed by atoms with Gasteiger partial charge < -0.3 is 18.1 Å². The molecule has 2 fully saturated rings. The Kier molecular flexibility index (Phi) is 18.2. The van der Waals surface area contributed by atoms with Gasteiger partial charge >= 0.3 is 0 Å². The van der Waals surface area contributed by atoms with Crippen molar-refractivity contribution in [3.63, 3.8) is 0 Å². The molecule has 0 unspecified atom stereocenters. The molecule has 5 rings (SSSR count). The molecule has 3 aromatic rings. The van der Waals surface area contributed by atoms with Crippen LogP contribution in [0.3, 0.4) is 0 Å². The molecule has 2 N–H and O–H groups in total. The second-order valence-corrected chi connectivity index (χ2v) is 16.7. The van der Waals surface area contributed by atoms with Crippen molar-refractivity contribution < 1.29 is 32.8 Å². The van der Waals surface area contributed by atoms with Gasteiger partial charge in [-0.1, -0.05) is 149 Å². The molecule has 0 spiro atoms. The molecule has 4 heteroatoms. The molecule has 0 heterocycles. The van der Waals surface area contributed by atoms with Crippen LogP contribution in [-0.2, 0) is 26.8 Å². The summed E-state index contributed by atoms with van der Waals surface area (Å²) in [6, 6.07) is 25.8. The quantitative estimate of drug-likeness (QED) is 0.173. The monoisotopic (exact) mass is 737 g/mol. The third-order valence-corrected chi connectivity index (χ3v) is 13.3. The first-order chi connectivity index (χ1) is 20.8. The van der Waals surface area contributed by atoms with Crippen molar-refractivity contribution in [3.8, 4) is 11.1 Å². The number of rotatable bonds is 9. The number of halogens is 1. The predicted octanol–water partition coefficient (Wildman–Crippen LogP) is 8.49. The standard InChI is InChI=1S/C33H49P.C8H10N.ClH.Pd/c1-23(2)26-21-30(24(3)4)33(31(22-26)25(5)6)29-19-13-14-20-32(29)34(27-15-9-7-10-16-27)28-17-11-8-12-18-28;9-7-6-8-4-2-1-3-5-8;;/h13-14,19-25,27-28H,7-12,15-18H2,1-6H3;1-4H,6-7,9H2;1H;/p-1.